The SMILES string of the molecule is c1ccc(-c2nc(-c3ccc(-c4cccc(-c5cc6ccc7cccc8c9cccc%10ccc%11cccc(c(c5)c6c78)c%11c%109)c4)cc3)cc(-c3cccc(-c4cc5ccccc5s4)c3)n2)cc1. The van der Waals surface area contributed by atoms with Crippen molar-refractivity contribution < 1.29 is 0 Å². The number of hydrogen-bond acceptors (Lipinski definition) is 3. The van der Waals surface area contributed by atoms with E-state index in [1.165, 1.54) is 102 Å². The van der Waals surface area contributed by atoms with Crippen LogP contribution in [-0.4, -0.2) is 9.97 Å². The molecule has 0 aliphatic carbocycles. The maximum absolute atomic E-state index is 5.17. The molecule has 0 spiro atoms. The van der Waals surface area contributed by atoms with Crippen LogP contribution in [0.3, 0.4) is 0 Å². The van der Waals surface area contributed by atoms with E-state index in [0.29, 0.717) is 5.82 Å². The summed E-state index contributed by atoms with van der Waals surface area (Å²) in [5.74, 6) is 0.708. The second-order valence-corrected chi connectivity index (χ2v) is 18.8. The summed E-state index contributed by atoms with van der Waals surface area (Å²) in [6.45, 7) is 0. The zero-order chi connectivity index (χ0) is 44.0. The van der Waals surface area contributed by atoms with Crippen molar-refractivity contribution in [1.29, 1.82) is 0 Å². The molecule has 0 radical (unpaired) electrons. The molecule has 0 aliphatic heterocycles. The fourth-order valence-electron chi connectivity index (χ4n) is 10.6. The number of thiophene rings is 1. The molecule has 0 N–H and O–H groups in total. The van der Waals surface area contributed by atoms with Gasteiger partial charge in [0.2, 0.25) is 0 Å². The Morgan fingerprint density at radius 1 is 0.254 bits per heavy atom. The van der Waals surface area contributed by atoms with E-state index in [2.05, 4.69) is 212 Å². The van der Waals surface area contributed by atoms with Crippen molar-refractivity contribution in [2.75, 3.05) is 0 Å². The van der Waals surface area contributed by atoms with Gasteiger partial charge in [0.25, 0.3) is 0 Å². The third-order valence-corrected chi connectivity index (χ3v) is 14.9. The van der Waals surface area contributed by atoms with Crippen LogP contribution in [0.15, 0.2) is 231 Å². The zero-order valence-corrected chi connectivity index (χ0v) is 37.1. The van der Waals surface area contributed by atoms with Gasteiger partial charge in [-0.15, -0.1) is 11.3 Å². The van der Waals surface area contributed by atoms with Crippen LogP contribution in [0.5, 0.6) is 0 Å². The summed E-state index contributed by atoms with van der Waals surface area (Å²) in [7, 11) is 0. The number of aromatic nitrogens is 2. The molecule has 14 aromatic rings. The molecule has 0 fully saturated rings. The minimum absolute atomic E-state index is 0.708. The Labute approximate surface area is 391 Å². The highest BCUT2D eigenvalue weighted by atomic mass is 32.1. The third kappa shape index (κ3) is 6.24. The van der Waals surface area contributed by atoms with E-state index in [0.717, 1.165) is 33.6 Å². The van der Waals surface area contributed by atoms with Crippen molar-refractivity contribution >= 4 is 86.1 Å². The molecule has 0 atom stereocenters. The molecule has 0 aliphatic rings. The maximum Gasteiger partial charge on any atom is 0.160 e. The third-order valence-electron chi connectivity index (χ3n) is 13.8. The topological polar surface area (TPSA) is 25.8 Å². The molecule has 0 saturated heterocycles. The predicted octanol–water partition coefficient (Wildman–Crippen LogP) is 18.1. The van der Waals surface area contributed by atoms with Gasteiger partial charge in [-0.1, -0.05) is 188 Å². The molecule has 67 heavy (non-hydrogen) atoms. The smallest absolute Gasteiger partial charge is 0.160 e. The highest BCUT2D eigenvalue weighted by Gasteiger charge is 2.18. The van der Waals surface area contributed by atoms with Crippen LogP contribution in [0.25, 0.3) is 141 Å². The Morgan fingerprint density at radius 2 is 0.746 bits per heavy atom. The predicted molar refractivity (Wildman–Crippen MR) is 286 cm³/mol. The van der Waals surface area contributed by atoms with E-state index < -0.39 is 0 Å². The number of hydrogen-bond donors (Lipinski definition) is 0. The van der Waals surface area contributed by atoms with Crippen LogP contribution in [0.1, 0.15) is 0 Å². The second-order valence-electron chi connectivity index (χ2n) is 17.7. The van der Waals surface area contributed by atoms with Crippen molar-refractivity contribution in [1.82, 2.24) is 9.97 Å². The Kier molecular flexibility index (Phi) is 8.49. The fourth-order valence-corrected chi connectivity index (χ4v) is 11.6. The van der Waals surface area contributed by atoms with Gasteiger partial charge in [0.05, 0.1) is 11.4 Å². The first-order valence-corrected chi connectivity index (χ1v) is 23.7. The summed E-state index contributed by atoms with van der Waals surface area (Å²) in [4.78, 5) is 11.6. The van der Waals surface area contributed by atoms with Crippen LogP contribution < -0.4 is 0 Å². The molecule has 310 valence electrons. The molecule has 0 bridgehead atoms. The normalized spacial score (nSPS) is 11.9. The first-order chi connectivity index (χ1) is 33.2. The van der Waals surface area contributed by atoms with Crippen LogP contribution in [0.2, 0.25) is 0 Å². The highest BCUT2D eigenvalue weighted by molar-refractivity contribution is 7.22. The zero-order valence-electron chi connectivity index (χ0n) is 36.2. The molecule has 0 saturated carbocycles. The van der Waals surface area contributed by atoms with E-state index in [1.807, 2.05) is 29.5 Å². The molecule has 12 aromatic carbocycles. The quantitative estimate of drug-likeness (QED) is 0.156. The van der Waals surface area contributed by atoms with Gasteiger partial charge in [0.15, 0.2) is 5.82 Å². The molecular weight excluding hydrogens is 829 g/mol. The maximum atomic E-state index is 5.17. The van der Waals surface area contributed by atoms with Gasteiger partial charge in [0.1, 0.15) is 0 Å². The van der Waals surface area contributed by atoms with E-state index >= 15 is 0 Å². The van der Waals surface area contributed by atoms with Crippen LogP contribution in [0, 0.1) is 0 Å². The van der Waals surface area contributed by atoms with Crippen molar-refractivity contribution in [3.63, 3.8) is 0 Å². The van der Waals surface area contributed by atoms with E-state index in [9.17, 15) is 0 Å². The first-order valence-electron chi connectivity index (χ1n) is 22.9. The average molecular weight is 867 g/mol. The monoisotopic (exact) mass is 866 g/mol. The lowest BCUT2D eigenvalue weighted by molar-refractivity contribution is 1.18. The minimum Gasteiger partial charge on any atom is -0.228 e. The van der Waals surface area contributed by atoms with Crippen molar-refractivity contribution in [3.05, 3.63) is 231 Å². The Hall–Kier alpha value is -8.50. The molecular formula is C64H38N2S. The largest absolute Gasteiger partial charge is 0.228 e. The molecule has 2 nitrogen and oxygen atoms in total. The van der Waals surface area contributed by atoms with E-state index in [1.54, 1.807) is 0 Å². The number of fused-ring (bicyclic) bond motifs is 3. The summed E-state index contributed by atoms with van der Waals surface area (Å²) in [5.41, 5.74) is 10.8. The molecule has 2 aromatic heterocycles. The fraction of sp³-hybridized carbons (Fsp3) is 0. The molecule has 2 heterocycles. The van der Waals surface area contributed by atoms with Gasteiger partial charge >= 0.3 is 0 Å². The van der Waals surface area contributed by atoms with Crippen molar-refractivity contribution in [2.24, 2.45) is 0 Å². The molecule has 0 amide bonds. The standard InChI is InChI=1S/C64H38N2S/c1-2-11-44(12-3-1)64-65-56(38-57(66-64)47-19-7-20-48(34-47)59-37-49-13-4-5-24-58(49)67-59)40-27-25-39(26-28-40)45-17-6-18-46(33-45)51-35-50-32-31-43-15-9-22-53-52-21-8-14-41-29-30-42-16-10-23-54(62(42)60(41)52)55(36-51)63(50)61(43)53/h1-38H. The lowest BCUT2D eigenvalue weighted by Crippen LogP contribution is -1.96. The molecule has 0 unspecified atom stereocenters. The van der Waals surface area contributed by atoms with Gasteiger partial charge in [-0.3, -0.25) is 0 Å². The molecule has 3 heteroatoms. The van der Waals surface area contributed by atoms with Crippen LogP contribution in [0.4, 0.5) is 0 Å². The Morgan fingerprint density at radius 3 is 1.43 bits per heavy atom. The summed E-state index contributed by atoms with van der Waals surface area (Å²) in [6, 6.07) is 84.3. The van der Waals surface area contributed by atoms with E-state index in [4.69, 9.17) is 9.97 Å². The minimum atomic E-state index is 0.708. The van der Waals surface area contributed by atoms with Gasteiger partial charge < -0.3 is 0 Å². The Balaban J connectivity index is 0.875. The lowest BCUT2D eigenvalue weighted by Gasteiger charge is -2.17. The number of rotatable bonds is 6. The summed E-state index contributed by atoms with van der Waals surface area (Å²) in [6.07, 6.45) is 0. The summed E-state index contributed by atoms with van der Waals surface area (Å²) in [5, 5.41) is 16.7. The van der Waals surface area contributed by atoms with Crippen molar-refractivity contribution in [2.45, 2.75) is 0 Å². The number of benzene rings is 11. The van der Waals surface area contributed by atoms with Crippen molar-refractivity contribution in [3.8, 4) is 66.6 Å². The number of nitrogens with zero attached hydrogens (tertiary/aromatic N) is 2. The van der Waals surface area contributed by atoms with Gasteiger partial charge in [-0.25, -0.2) is 9.97 Å². The van der Waals surface area contributed by atoms with Crippen LogP contribution in [-0.2, 0) is 0 Å². The highest BCUT2D eigenvalue weighted by Crippen LogP contribution is 2.45. The first kappa shape index (κ1) is 37.8. The van der Waals surface area contributed by atoms with E-state index in [-0.39, 0.29) is 0 Å². The Bertz CT molecular complexity index is 4220. The van der Waals surface area contributed by atoms with Gasteiger partial charge in [0, 0.05) is 26.3 Å². The second kappa shape index (κ2) is 15.0. The average Bonchev–Trinajstić information content (AvgIpc) is 3.85. The summed E-state index contributed by atoms with van der Waals surface area (Å²) < 4.78 is 1.29. The van der Waals surface area contributed by atoms with Crippen LogP contribution >= 0.6 is 11.3 Å². The lowest BCUT2D eigenvalue weighted by atomic mass is 9.86. The summed E-state index contributed by atoms with van der Waals surface area (Å²) >= 11 is 1.82. The van der Waals surface area contributed by atoms with Gasteiger partial charge in [-0.05, 0) is 140 Å². The molecule has 14 rings (SSSR count). The van der Waals surface area contributed by atoms with Gasteiger partial charge in [-0.2, -0.15) is 0 Å².